The zero-order valence-corrected chi connectivity index (χ0v) is 15.7. The van der Waals surface area contributed by atoms with E-state index in [1.54, 1.807) is 12.1 Å². The Balaban J connectivity index is 1.38. The third-order valence-corrected chi connectivity index (χ3v) is 5.92. The van der Waals surface area contributed by atoms with Crippen LogP contribution in [-0.2, 0) is 9.53 Å². The summed E-state index contributed by atoms with van der Waals surface area (Å²) < 4.78 is 20.0. The molecule has 1 N–H and O–H groups in total. The summed E-state index contributed by atoms with van der Waals surface area (Å²) in [5, 5.41) is 11.3. The molecule has 2 amide bonds. The second kappa shape index (κ2) is 7.40. The van der Waals surface area contributed by atoms with Gasteiger partial charge in [0.25, 0.3) is 0 Å². The molecule has 8 heteroatoms. The third-order valence-electron chi connectivity index (χ3n) is 5.92. The van der Waals surface area contributed by atoms with Crippen LogP contribution in [0.1, 0.15) is 24.8 Å². The molecule has 2 heterocycles. The first-order valence-electron chi connectivity index (χ1n) is 9.59. The second-order valence-electron chi connectivity index (χ2n) is 7.78. The summed E-state index contributed by atoms with van der Waals surface area (Å²) in [6.45, 7) is 4.54. The van der Waals surface area contributed by atoms with Crippen LogP contribution in [0, 0.1) is 29.0 Å². The first kappa shape index (κ1) is 18.7. The Morgan fingerprint density at radius 1 is 1.36 bits per heavy atom. The smallest absolute Gasteiger partial charge is 0.414 e. The van der Waals surface area contributed by atoms with E-state index in [2.05, 4.69) is 16.3 Å². The van der Waals surface area contributed by atoms with Crippen LogP contribution in [0.15, 0.2) is 18.2 Å². The number of nitrogens with one attached hydrogen (secondary N) is 1. The maximum atomic E-state index is 14.8. The fourth-order valence-electron chi connectivity index (χ4n) is 4.52. The molecule has 2 aliphatic heterocycles. The van der Waals surface area contributed by atoms with E-state index >= 15 is 0 Å². The summed E-state index contributed by atoms with van der Waals surface area (Å²) in [4.78, 5) is 26.8. The normalized spacial score (nSPS) is 28.6. The monoisotopic (exact) mass is 386 g/mol. The van der Waals surface area contributed by atoms with Gasteiger partial charge in [-0.2, -0.15) is 5.26 Å². The zero-order chi connectivity index (χ0) is 19.8. The number of ether oxygens (including phenoxy) is 1. The Labute approximate surface area is 163 Å². The van der Waals surface area contributed by atoms with Crippen LogP contribution in [0.2, 0.25) is 0 Å². The molecule has 1 saturated carbocycles. The minimum absolute atomic E-state index is 0.189. The fourth-order valence-corrected chi connectivity index (χ4v) is 4.52. The molecule has 3 fully saturated rings. The number of likely N-dealkylation sites (tertiary alicyclic amines) is 1. The lowest BCUT2D eigenvalue weighted by molar-refractivity contribution is -0.119. The van der Waals surface area contributed by atoms with Gasteiger partial charge in [-0.1, -0.05) is 6.07 Å². The minimum atomic E-state index is -0.529. The van der Waals surface area contributed by atoms with Gasteiger partial charge in [0.1, 0.15) is 11.9 Å². The van der Waals surface area contributed by atoms with Crippen molar-refractivity contribution in [3.8, 4) is 6.07 Å². The molecule has 0 aromatic heterocycles. The summed E-state index contributed by atoms with van der Waals surface area (Å²) in [7, 11) is 0. The van der Waals surface area contributed by atoms with E-state index in [0.717, 1.165) is 19.6 Å². The number of halogens is 1. The first-order valence-corrected chi connectivity index (χ1v) is 9.59. The van der Waals surface area contributed by atoms with Crippen molar-refractivity contribution < 1.29 is 18.7 Å². The van der Waals surface area contributed by atoms with Gasteiger partial charge < -0.3 is 15.0 Å². The van der Waals surface area contributed by atoms with E-state index < -0.39 is 12.2 Å². The lowest BCUT2D eigenvalue weighted by Crippen LogP contribution is -2.33. The third kappa shape index (κ3) is 3.54. The Morgan fingerprint density at radius 2 is 2.11 bits per heavy atom. The van der Waals surface area contributed by atoms with Gasteiger partial charge in [0.2, 0.25) is 5.91 Å². The maximum absolute atomic E-state index is 14.8. The van der Waals surface area contributed by atoms with Gasteiger partial charge in [0, 0.05) is 33.0 Å². The van der Waals surface area contributed by atoms with Crippen LogP contribution in [0.3, 0.4) is 0 Å². The molecule has 7 nitrogen and oxygen atoms in total. The van der Waals surface area contributed by atoms with E-state index in [9.17, 15) is 14.0 Å². The summed E-state index contributed by atoms with van der Waals surface area (Å²) in [6, 6.07) is 7.11. The van der Waals surface area contributed by atoms with Crippen molar-refractivity contribution in [3.63, 3.8) is 0 Å². The van der Waals surface area contributed by atoms with Gasteiger partial charge in [0.05, 0.1) is 24.8 Å². The summed E-state index contributed by atoms with van der Waals surface area (Å²) in [5.41, 5.74) is 1.18. The molecule has 1 aliphatic carbocycles. The predicted octanol–water partition coefficient (Wildman–Crippen LogP) is 1.85. The highest BCUT2D eigenvalue weighted by molar-refractivity contribution is 5.89. The molecule has 0 unspecified atom stereocenters. The minimum Gasteiger partial charge on any atom is -0.442 e. The first-order chi connectivity index (χ1) is 13.5. The summed E-state index contributed by atoms with van der Waals surface area (Å²) in [6.07, 6.45) is -0.442. The summed E-state index contributed by atoms with van der Waals surface area (Å²) in [5.74, 6) is 0.658. The number of cyclic esters (lactones) is 1. The molecule has 4 rings (SSSR count). The SMILES string of the molecule is CC(=O)NC[C@H]1CN(c2ccc([C@H]3[C@@H]4CN(CCC#N)C[C@@H]43)c(F)c2)C(=O)O1. The zero-order valence-electron chi connectivity index (χ0n) is 15.7. The largest absolute Gasteiger partial charge is 0.442 e. The van der Waals surface area contributed by atoms with Crippen LogP contribution in [0.5, 0.6) is 0 Å². The lowest BCUT2D eigenvalue weighted by atomic mass is 10.0. The van der Waals surface area contributed by atoms with Gasteiger partial charge in [-0.15, -0.1) is 0 Å². The topological polar surface area (TPSA) is 85.7 Å². The van der Waals surface area contributed by atoms with Crippen LogP contribution < -0.4 is 10.2 Å². The van der Waals surface area contributed by atoms with Crippen molar-refractivity contribution in [1.29, 1.82) is 5.26 Å². The van der Waals surface area contributed by atoms with Gasteiger partial charge in [0.15, 0.2) is 0 Å². The highest BCUT2D eigenvalue weighted by Crippen LogP contribution is 2.58. The number of piperidine rings is 1. The second-order valence-corrected chi connectivity index (χ2v) is 7.78. The Morgan fingerprint density at radius 3 is 2.75 bits per heavy atom. The Hall–Kier alpha value is -2.66. The molecule has 0 spiro atoms. The van der Waals surface area contributed by atoms with Crippen LogP contribution in [-0.4, -0.2) is 55.7 Å². The van der Waals surface area contributed by atoms with E-state index in [4.69, 9.17) is 10.00 Å². The summed E-state index contributed by atoms with van der Waals surface area (Å²) >= 11 is 0. The Bertz CT molecular complexity index is 827. The van der Waals surface area contributed by atoms with Crippen LogP contribution in [0.25, 0.3) is 0 Å². The fraction of sp³-hybridized carbons (Fsp3) is 0.550. The van der Waals surface area contributed by atoms with Crippen LogP contribution in [0.4, 0.5) is 14.9 Å². The highest BCUT2D eigenvalue weighted by atomic mass is 19.1. The average molecular weight is 386 g/mol. The van der Waals surface area contributed by atoms with Gasteiger partial charge in [-0.05, 0) is 35.4 Å². The highest BCUT2D eigenvalue weighted by Gasteiger charge is 2.56. The molecule has 3 aliphatic rings. The lowest BCUT2D eigenvalue weighted by Gasteiger charge is -2.19. The standard InChI is InChI=1S/C20H23FN4O3/c1-12(26)23-8-14-9-25(20(27)28-14)13-3-4-15(18(21)7-13)19-16-10-24(6-2-5-22)11-17(16)19/h3-4,7,14,16-17,19H,2,6,8-11H2,1H3,(H,23,26)/t14-,16-,17+,19+/m0/s1. The molecular weight excluding hydrogens is 363 g/mol. The average Bonchev–Trinajstić information content (AvgIpc) is 3.00. The number of nitriles is 1. The molecule has 4 atom stereocenters. The van der Waals surface area contributed by atoms with Crippen molar-refractivity contribution in [3.05, 3.63) is 29.6 Å². The van der Waals surface area contributed by atoms with Crippen molar-refractivity contribution >= 4 is 17.7 Å². The molecule has 0 radical (unpaired) electrons. The number of hydrogen-bond acceptors (Lipinski definition) is 5. The number of fused-ring (bicyclic) bond motifs is 1. The molecule has 1 aromatic rings. The van der Waals surface area contributed by atoms with E-state index in [1.165, 1.54) is 17.9 Å². The number of benzene rings is 1. The van der Waals surface area contributed by atoms with Gasteiger partial charge in [-0.25, -0.2) is 9.18 Å². The van der Waals surface area contributed by atoms with Crippen molar-refractivity contribution in [2.24, 2.45) is 11.8 Å². The number of amides is 2. The number of rotatable bonds is 6. The van der Waals surface area contributed by atoms with E-state index in [1.807, 2.05) is 0 Å². The number of anilines is 1. The molecular formula is C20H23FN4O3. The number of carbonyl (C=O) groups excluding carboxylic acids is 2. The van der Waals surface area contributed by atoms with Crippen molar-refractivity contribution in [1.82, 2.24) is 10.2 Å². The van der Waals surface area contributed by atoms with Gasteiger partial charge >= 0.3 is 6.09 Å². The quantitative estimate of drug-likeness (QED) is 0.806. The maximum Gasteiger partial charge on any atom is 0.414 e. The molecule has 2 saturated heterocycles. The number of hydrogen-bond donors (Lipinski definition) is 1. The molecule has 28 heavy (non-hydrogen) atoms. The van der Waals surface area contributed by atoms with Crippen molar-refractivity contribution in [2.45, 2.75) is 25.4 Å². The molecule has 148 valence electrons. The molecule has 1 aromatic carbocycles. The van der Waals surface area contributed by atoms with Crippen molar-refractivity contribution in [2.75, 3.05) is 37.6 Å². The molecule has 0 bridgehead atoms. The van der Waals surface area contributed by atoms with Gasteiger partial charge in [-0.3, -0.25) is 9.69 Å². The number of nitrogens with zero attached hydrogens (tertiary/aromatic N) is 3. The predicted molar refractivity (Wildman–Crippen MR) is 99.1 cm³/mol. The van der Waals surface area contributed by atoms with Crippen LogP contribution >= 0.6 is 0 Å². The van der Waals surface area contributed by atoms with E-state index in [-0.39, 0.29) is 30.7 Å². The Kier molecular flexibility index (Phi) is 4.94. The number of carbonyl (C=O) groups is 2. The van der Waals surface area contributed by atoms with E-state index in [0.29, 0.717) is 29.5 Å².